The number of hydrogen-bond donors (Lipinski definition) is 0. The number of amides is 1. The van der Waals surface area contributed by atoms with Gasteiger partial charge in [-0.15, -0.1) is 10.2 Å². The predicted molar refractivity (Wildman–Crippen MR) is 127 cm³/mol. The normalized spacial score (nSPS) is 10.6. The van der Waals surface area contributed by atoms with Crippen LogP contribution in [0.5, 0.6) is 5.75 Å². The molecular formula is C24H26FN5O2S. The fraction of sp³-hybridized carbons (Fsp3) is 0.333. The van der Waals surface area contributed by atoms with Crippen molar-refractivity contribution < 1.29 is 13.9 Å². The highest BCUT2D eigenvalue weighted by atomic mass is 32.2. The molecule has 0 radical (unpaired) electrons. The van der Waals surface area contributed by atoms with E-state index in [4.69, 9.17) is 10.00 Å². The first-order valence-corrected chi connectivity index (χ1v) is 11.7. The van der Waals surface area contributed by atoms with E-state index in [1.165, 1.54) is 28.8 Å². The van der Waals surface area contributed by atoms with E-state index in [1.54, 1.807) is 19.2 Å². The fourth-order valence-electron chi connectivity index (χ4n) is 3.25. The minimum Gasteiger partial charge on any atom is -0.497 e. The van der Waals surface area contributed by atoms with Crippen molar-refractivity contribution in [3.63, 3.8) is 0 Å². The monoisotopic (exact) mass is 467 g/mol. The number of benzene rings is 2. The van der Waals surface area contributed by atoms with E-state index in [9.17, 15) is 9.18 Å². The average molecular weight is 468 g/mol. The minimum absolute atomic E-state index is 0.121. The summed E-state index contributed by atoms with van der Waals surface area (Å²) >= 11 is 1.30. The Bertz CT molecular complexity index is 1090. The van der Waals surface area contributed by atoms with Crippen molar-refractivity contribution in [3.05, 3.63) is 54.3 Å². The summed E-state index contributed by atoms with van der Waals surface area (Å²) in [6.45, 7) is 3.09. The molecule has 172 valence electrons. The molecule has 0 aliphatic heterocycles. The van der Waals surface area contributed by atoms with Crippen LogP contribution in [0.2, 0.25) is 0 Å². The number of halogens is 1. The van der Waals surface area contributed by atoms with Crippen LogP contribution >= 0.6 is 11.8 Å². The van der Waals surface area contributed by atoms with Crippen LogP contribution in [0, 0.1) is 17.1 Å². The maximum Gasteiger partial charge on any atom is 0.237 e. The summed E-state index contributed by atoms with van der Waals surface area (Å²) in [5.41, 5.74) is 1.48. The number of nitriles is 1. The molecule has 3 aromatic rings. The molecule has 0 spiro atoms. The number of unbranched alkanes of at least 4 members (excludes halogenated alkanes) is 1. The zero-order valence-electron chi connectivity index (χ0n) is 18.7. The van der Waals surface area contributed by atoms with E-state index in [0.29, 0.717) is 10.8 Å². The van der Waals surface area contributed by atoms with Gasteiger partial charge in [-0.3, -0.25) is 4.79 Å². The van der Waals surface area contributed by atoms with Gasteiger partial charge in [0, 0.05) is 24.3 Å². The van der Waals surface area contributed by atoms with Gasteiger partial charge in [0.2, 0.25) is 5.91 Å². The van der Waals surface area contributed by atoms with Gasteiger partial charge in [0.1, 0.15) is 11.6 Å². The smallest absolute Gasteiger partial charge is 0.237 e. The number of thioether (sulfide) groups is 1. The molecule has 0 atom stereocenters. The molecule has 0 saturated heterocycles. The van der Waals surface area contributed by atoms with Crippen LogP contribution in [-0.2, 0) is 11.3 Å². The molecule has 0 unspecified atom stereocenters. The molecule has 9 heteroatoms. The second-order valence-corrected chi connectivity index (χ2v) is 8.20. The van der Waals surface area contributed by atoms with Gasteiger partial charge in [-0.2, -0.15) is 5.26 Å². The second kappa shape index (κ2) is 12.0. The number of carbonyl (C=O) groups excluding carboxylic acids is 1. The number of aromatic nitrogens is 3. The van der Waals surface area contributed by atoms with E-state index in [-0.39, 0.29) is 30.4 Å². The Balaban J connectivity index is 1.79. The number of methoxy groups -OCH3 is 1. The molecule has 3 rings (SSSR count). The minimum atomic E-state index is -0.379. The van der Waals surface area contributed by atoms with Crippen molar-refractivity contribution in [2.24, 2.45) is 0 Å². The third-order valence-electron chi connectivity index (χ3n) is 5.01. The summed E-state index contributed by atoms with van der Waals surface area (Å²) in [6, 6.07) is 15.4. The summed E-state index contributed by atoms with van der Waals surface area (Å²) < 4.78 is 20.6. The van der Waals surface area contributed by atoms with Crippen LogP contribution < -0.4 is 9.64 Å². The molecule has 1 aromatic heterocycles. The molecule has 0 fully saturated rings. The highest BCUT2D eigenvalue weighted by molar-refractivity contribution is 7.99. The van der Waals surface area contributed by atoms with Crippen LogP contribution in [0.3, 0.4) is 0 Å². The number of nitrogens with zero attached hydrogens (tertiary/aromatic N) is 5. The third kappa shape index (κ3) is 6.33. The lowest BCUT2D eigenvalue weighted by Crippen LogP contribution is -2.33. The summed E-state index contributed by atoms with van der Waals surface area (Å²) in [6.07, 6.45) is 2.14. The Morgan fingerprint density at radius 3 is 2.55 bits per heavy atom. The third-order valence-corrected chi connectivity index (χ3v) is 5.96. The summed E-state index contributed by atoms with van der Waals surface area (Å²) in [7, 11) is 1.62. The van der Waals surface area contributed by atoms with Crippen LogP contribution in [0.15, 0.2) is 53.7 Å². The average Bonchev–Trinajstić information content (AvgIpc) is 3.25. The standard InChI is InChI=1S/C24H26FN5O2S/c1-3-4-15-30-23(18-6-12-21(32-2)13-7-18)27-28-24(30)33-17-22(31)29(16-5-14-26)20-10-8-19(25)9-11-20/h6-13H,3-5,15-17H2,1-2H3. The van der Waals surface area contributed by atoms with Crippen LogP contribution in [0.25, 0.3) is 11.4 Å². The van der Waals surface area contributed by atoms with Crippen LogP contribution in [-0.4, -0.2) is 40.1 Å². The number of carbonyl (C=O) groups is 1. The van der Waals surface area contributed by atoms with E-state index in [2.05, 4.69) is 23.2 Å². The van der Waals surface area contributed by atoms with Gasteiger partial charge in [0.25, 0.3) is 0 Å². The van der Waals surface area contributed by atoms with Crippen molar-refractivity contribution in [1.29, 1.82) is 5.26 Å². The van der Waals surface area contributed by atoms with Crippen molar-refractivity contribution in [1.82, 2.24) is 14.8 Å². The Labute approximate surface area is 197 Å². The number of anilines is 1. The van der Waals surface area contributed by atoms with Gasteiger partial charge >= 0.3 is 0 Å². The molecule has 2 aromatic carbocycles. The van der Waals surface area contributed by atoms with Gasteiger partial charge < -0.3 is 14.2 Å². The molecule has 0 N–H and O–H groups in total. The van der Waals surface area contributed by atoms with Gasteiger partial charge in [-0.05, 0) is 55.0 Å². The van der Waals surface area contributed by atoms with Gasteiger partial charge in [0.15, 0.2) is 11.0 Å². The van der Waals surface area contributed by atoms with Crippen LogP contribution in [0.4, 0.5) is 10.1 Å². The van der Waals surface area contributed by atoms with Crippen molar-refractivity contribution in [2.45, 2.75) is 37.9 Å². The van der Waals surface area contributed by atoms with Gasteiger partial charge in [-0.1, -0.05) is 25.1 Å². The zero-order valence-corrected chi connectivity index (χ0v) is 19.5. The maximum atomic E-state index is 13.3. The molecule has 7 nitrogen and oxygen atoms in total. The predicted octanol–water partition coefficient (Wildman–Crippen LogP) is 4.93. The summed E-state index contributed by atoms with van der Waals surface area (Å²) in [5, 5.41) is 18.3. The van der Waals surface area contributed by atoms with E-state index >= 15 is 0 Å². The fourth-order valence-corrected chi connectivity index (χ4v) is 4.09. The molecule has 0 aliphatic rings. The second-order valence-electron chi connectivity index (χ2n) is 7.26. The first-order chi connectivity index (χ1) is 16.1. The molecule has 0 saturated carbocycles. The van der Waals surface area contributed by atoms with Crippen LogP contribution in [0.1, 0.15) is 26.2 Å². The Morgan fingerprint density at radius 1 is 1.18 bits per heavy atom. The molecule has 1 heterocycles. The molecule has 0 aliphatic carbocycles. The van der Waals surface area contributed by atoms with Crippen molar-refractivity contribution >= 4 is 23.4 Å². The Morgan fingerprint density at radius 2 is 1.91 bits per heavy atom. The largest absolute Gasteiger partial charge is 0.497 e. The van der Waals surface area contributed by atoms with Crippen molar-refractivity contribution in [2.75, 3.05) is 24.3 Å². The molecule has 0 bridgehead atoms. The van der Waals surface area contributed by atoms with Gasteiger partial charge in [0.05, 0.1) is 25.4 Å². The topological polar surface area (TPSA) is 84.0 Å². The Hall–Kier alpha value is -3.38. The lowest BCUT2D eigenvalue weighted by atomic mass is 10.2. The first kappa shape index (κ1) is 24.3. The molecule has 1 amide bonds. The summed E-state index contributed by atoms with van der Waals surface area (Å²) in [4.78, 5) is 14.5. The van der Waals surface area contributed by atoms with E-state index in [1.807, 2.05) is 28.8 Å². The van der Waals surface area contributed by atoms with Gasteiger partial charge in [-0.25, -0.2) is 4.39 Å². The lowest BCUT2D eigenvalue weighted by Gasteiger charge is -2.21. The maximum absolute atomic E-state index is 13.3. The highest BCUT2D eigenvalue weighted by Gasteiger charge is 2.19. The number of ether oxygens (including phenoxy) is 1. The highest BCUT2D eigenvalue weighted by Crippen LogP contribution is 2.27. The number of rotatable bonds is 11. The molecular weight excluding hydrogens is 441 g/mol. The van der Waals surface area contributed by atoms with E-state index < -0.39 is 0 Å². The number of hydrogen-bond acceptors (Lipinski definition) is 6. The molecule has 33 heavy (non-hydrogen) atoms. The lowest BCUT2D eigenvalue weighted by molar-refractivity contribution is -0.116. The quantitative estimate of drug-likeness (QED) is 0.372. The SMILES string of the molecule is CCCCn1c(SCC(=O)N(CCC#N)c2ccc(F)cc2)nnc1-c1ccc(OC)cc1. The zero-order chi connectivity index (χ0) is 23.6. The van der Waals surface area contributed by atoms with Crippen molar-refractivity contribution in [3.8, 4) is 23.2 Å². The van der Waals surface area contributed by atoms with E-state index in [0.717, 1.165) is 36.5 Å². The summed E-state index contributed by atoms with van der Waals surface area (Å²) in [5.74, 6) is 1.06. The Kier molecular flexibility index (Phi) is 8.84. The first-order valence-electron chi connectivity index (χ1n) is 10.7.